The van der Waals surface area contributed by atoms with Crippen LogP contribution in [0.1, 0.15) is 18.4 Å². The number of nitrogens with zero attached hydrogens (tertiary/aromatic N) is 2. The predicted octanol–water partition coefficient (Wildman–Crippen LogP) is 4.12. The average Bonchev–Trinajstić information content (AvgIpc) is 3.20. The van der Waals surface area contributed by atoms with Crippen molar-refractivity contribution in [2.45, 2.75) is 31.7 Å². The lowest BCUT2D eigenvalue weighted by Gasteiger charge is -2.34. The zero-order valence-corrected chi connectivity index (χ0v) is 16.2. The minimum absolute atomic E-state index is 0.00219. The van der Waals surface area contributed by atoms with Crippen molar-refractivity contribution in [2.24, 2.45) is 0 Å². The van der Waals surface area contributed by atoms with Gasteiger partial charge in [0.15, 0.2) is 24.2 Å². The summed E-state index contributed by atoms with van der Waals surface area (Å²) < 4.78 is 52.9. The summed E-state index contributed by atoms with van der Waals surface area (Å²) in [4.78, 5) is 4.29. The molecule has 4 rings (SSSR count). The van der Waals surface area contributed by atoms with Gasteiger partial charge in [0.1, 0.15) is 6.10 Å². The summed E-state index contributed by atoms with van der Waals surface area (Å²) in [6.07, 6.45) is 3.05. The van der Waals surface area contributed by atoms with Crippen LogP contribution in [0.3, 0.4) is 0 Å². The van der Waals surface area contributed by atoms with Crippen molar-refractivity contribution in [3.05, 3.63) is 59.8 Å². The number of pyridine rings is 1. The van der Waals surface area contributed by atoms with Gasteiger partial charge in [-0.05, 0) is 28.9 Å². The zero-order valence-electron chi connectivity index (χ0n) is 16.2. The van der Waals surface area contributed by atoms with E-state index in [1.807, 2.05) is 6.07 Å². The fourth-order valence-electron chi connectivity index (χ4n) is 2.94. The maximum atomic E-state index is 13.2. The molecule has 0 atom stereocenters. The summed E-state index contributed by atoms with van der Waals surface area (Å²) >= 11 is 0. The van der Waals surface area contributed by atoms with Gasteiger partial charge in [0.2, 0.25) is 5.88 Å². The number of hydrogen-bond donors (Lipinski definition) is 0. The van der Waals surface area contributed by atoms with E-state index in [0.29, 0.717) is 35.9 Å². The second-order valence-corrected chi connectivity index (χ2v) is 6.86. The highest BCUT2D eigenvalue weighted by molar-refractivity contribution is 5.57. The van der Waals surface area contributed by atoms with Crippen LogP contribution < -0.4 is 9.47 Å². The first kappa shape index (κ1) is 20.2. The first-order valence-electron chi connectivity index (χ1n) is 9.38. The molecule has 158 valence electrons. The van der Waals surface area contributed by atoms with Crippen LogP contribution in [0.4, 0.5) is 8.78 Å². The van der Waals surface area contributed by atoms with Gasteiger partial charge in [-0.25, -0.2) is 13.8 Å². The highest BCUT2D eigenvalue weighted by Gasteiger charge is 2.32. The average molecular weight is 418 g/mol. The van der Waals surface area contributed by atoms with Crippen LogP contribution in [0.25, 0.3) is 11.3 Å². The molecule has 0 bridgehead atoms. The van der Waals surface area contributed by atoms with E-state index < -0.39 is 11.6 Å². The number of rotatable bonds is 9. The number of ether oxygens (including phenoxy) is 4. The van der Waals surface area contributed by atoms with Crippen LogP contribution in [0.15, 0.2) is 47.1 Å². The third-order valence-electron chi connectivity index (χ3n) is 4.64. The fraction of sp³-hybridized carbons (Fsp3) is 0.333. The Kier molecular flexibility index (Phi) is 6.20. The molecule has 0 radical (unpaired) electrons. The van der Waals surface area contributed by atoms with Gasteiger partial charge in [0.05, 0.1) is 12.7 Å². The summed E-state index contributed by atoms with van der Waals surface area (Å²) in [5, 5.41) is 3.79. The van der Waals surface area contributed by atoms with E-state index in [1.165, 1.54) is 13.2 Å². The monoisotopic (exact) mass is 418 g/mol. The standard InChI is InChI=1S/C21H20F2N2O5/c1-26-12-28-21-9-19(30-25-21)14-3-5-20(24-10-14)29-16-7-15(8-16)27-11-13-2-4-17(22)18(23)6-13/h2-6,9-10,15-16H,7-8,11-12H2,1H3. The Labute approximate surface area is 171 Å². The lowest BCUT2D eigenvalue weighted by atomic mass is 9.92. The van der Waals surface area contributed by atoms with E-state index in [2.05, 4.69) is 10.1 Å². The second kappa shape index (κ2) is 9.19. The smallest absolute Gasteiger partial charge is 0.256 e. The molecule has 1 fully saturated rings. The van der Waals surface area contributed by atoms with Crippen LogP contribution in [-0.2, 0) is 16.1 Å². The van der Waals surface area contributed by atoms with Crippen molar-refractivity contribution in [2.75, 3.05) is 13.9 Å². The quantitative estimate of drug-likeness (QED) is 0.484. The largest absolute Gasteiger partial charge is 0.474 e. The molecule has 7 nitrogen and oxygen atoms in total. The normalized spacial score (nSPS) is 18.1. The molecule has 3 aromatic rings. The molecule has 1 aromatic carbocycles. The van der Waals surface area contributed by atoms with E-state index >= 15 is 0 Å². The highest BCUT2D eigenvalue weighted by Crippen LogP contribution is 2.30. The number of methoxy groups -OCH3 is 1. The molecular formula is C21H20F2N2O5. The molecule has 1 saturated carbocycles. The van der Waals surface area contributed by atoms with Crippen LogP contribution >= 0.6 is 0 Å². The molecule has 2 aromatic heterocycles. The van der Waals surface area contributed by atoms with Gasteiger partial charge in [-0.3, -0.25) is 0 Å². The summed E-state index contributed by atoms with van der Waals surface area (Å²) in [6, 6.07) is 8.98. The van der Waals surface area contributed by atoms with Crippen molar-refractivity contribution >= 4 is 0 Å². The minimum atomic E-state index is -0.871. The van der Waals surface area contributed by atoms with Gasteiger partial charge >= 0.3 is 0 Å². The lowest BCUT2D eigenvalue weighted by molar-refractivity contribution is -0.0695. The summed E-state index contributed by atoms with van der Waals surface area (Å²) in [6.45, 7) is 0.318. The maximum absolute atomic E-state index is 13.2. The van der Waals surface area contributed by atoms with E-state index in [4.69, 9.17) is 23.5 Å². The molecule has 0 spiro atoms. The summed E-state index contributed by atoms with van der Waals surface area (Å²) in [7, 11) is 1.52. The number of benzene rings is 1. The topological polar surface area (TPSA) is 75.8 Å². The third kappa shape index (κ3) is 4.92. The van der Waals surface area contributed by atoms with Crippen molar-refractivity contribution in [1.82, 2.24) is 10.1 Å². The predicted molar refractivity (Wildman–Crippen MR) is 101 cm³/mol. The molecule has 1 aliphatic rings. The molecule has 1 aliphatic carbocycles. The Morgan fingerprint density at radius 2 is 1.90 bits per heavy atom. The van der Waals surface area contributed by atoms with Crippen LogP contribution in [-0.4, -0.2) is 36.3 Å². The molecule has 30 heavy (non-hydrogen) atoms. The number of halogens is 2. The first-order valence-corrected chi connectivity index (χ1v) is 9.38. The molecule has 0 amide bonds. The molecule has 0 N–H and O–H groups in total. The summed E-state index contributed by atoms with van der Waals surface area (Å²) in [5.74, 6) is -0.384. The van der Waals surface area contributed by atoms with Crippen LogP contribution in [0.2, 0.25) is 0 Å². The van der Waals surface area contributed by atoms with Crippen molar-refractivity contribution in [1.29, 1.82) is 0 Å². The molecule has 9 heteroatoms. The Balaban J connectivity index is 1.22. The van der Waals surface area contributed by atoms with Gasteiger partial charge < -0.3 is 23.5 Å². The lowest BCUT2D eigenvalue weighted by Crippen LogP contribution is -2.39. The van der Waals surface area contributed by atoms with E-state index in [-0.39, 0.29) is 25.6 Å². The second-order valence-electron chi connectivity index (χ2n) is 6.86. The Morgan fingerprint density at radius 1 is 1.03 bits per heavy atom. The third-order valence-corrected chi connectivity index (χ3v) is 4.64. The van der Waals surface area contributed by atoms with Crippen molar-refractivity contribution < 1.29 is 32.3 Å². The molecular weight excluding hydrogens is 398 g/mol. The Hall–Kier alpha value is -3.04. The van der Waals surface area contributed by atoms with Gasteiger partial charge in [-0.2, -0.15) is 0 Å². The summed E-state index contributed by atoms with van der Waals surface area (Å²) in [5.41, 5.74) is 1.34. The maximum Gasteiger partial charge on any atom is 0.256 e. The van der Waals surface area contributed by atoms with Crippen molar-refractivity contribution in [3.8, 4) is 23.1 Å². The van der Waals surface area contributed by atoms with Crippen LogP contribution in [0, 0.1) is 11.6 Å². The highest BCUT2D eigenvalue weighted by atomic mass is 19.2. The Morgan fingerprint density at radius 3 is 2.63 bits per heavy atom. The SMILES string of the molecule is COCOc1cc(-c2ccc(OC3CC(OCc4ccc(F)c(F)c4)C3)nc2)on1. The molecule has 0 unspecified atom stereocenters. The minimum Gasteiger partial charge on any atom is -0.474 e. The van der Waals surface area contributed by atoms with Gasteiger partial charge in [-0.15, -0.1) is 0 Å². The molecule has 2 heterocycles. The first-order chi connectivity index (χ1) is 14.6. The Bertz CT molecular complexity index is 974. The number of aromatic nitrogens is 2. The van der Waals surface area contributed by atoms with Crippen LogP contribution in [0.5, 0.6) is 11.8 Å². The number of hydrogen-bond acceptors (Lipinski definition) is 7. The van der Waals surface area contributed by atoms with Gasteiger partial charge in [0, 0.05) is 43.8 Å². The van der Waals surface area contributed by atoms with E-state index in [1.54, 1.807) is 18.3 Å². The fourth-order valence-corrected chi connectivity index (χ4v) is 2.94. The van der Waals surface area contributed by atoms with Gasteiger partial charge in [0.25, 0.3) is 5.88 Å². The van der Waals surface area contributed by atoms with Crippen molar-refractivity contribution in [3.63, 3.8) is 0 Å². The van der Waals surface area contributed by atoms with Gasteiger partial charge in [-0.1, -0.05) is 6.07 Å². The zero-order chi connectivity index (χ0) is 20.9. The van der Waals surface area contributed by atoms with E-state index in [0.717, 1.165) is 17.7 Å². The van der Waals surface area contributed by atoms with E-state index in [9.17, 15) is 8.78 Å². The molecule has 0 saturated heterocycles. The molecule has 0 aliphatic heterocycles.